The van der Waals surface area contributed by atoms with Gasteiger partial charge in [-0.1, -0.05) is 40.0 Å². The third kappa shape index (κ3) is 5.33. The summed E-state index contributed by atoms with van der Waals surface area (Å²) < 4.78 is 12.0. The van der Waals surface area contributed by atoms with Crippen LogP contribution in [0.2, 0.25) is 0 Å². The van der Waals surface area contributed by atoms with Gasteiger partial charge in [0.1, 0.15) is 23.6 Å². The van der Waals surface area contributed by atoms with E-state index in [0.29, 0.717) is 17.0 Å². The zero-order chi connectivity index (χ0) is 20.6. The maximum absolute atomic E-state index is 12.3. The fourth-order valence-electron chi connectivity index (χ4n) is 2.51. The van der Waals surface area contributed by atoms with Crippen molar-refractivity contribution in [2.45, 2.75) is 13.0 Å². The van der Waals surface area contributed by atoms with Gasteiger partial charge >= 0.3 is 0 Å². The first-order chi connectivity index (χ1) is 14.1. The molecule has 1 N–H and O–H groups in total. The minimum absolute atomic E-state index is 0.173. The topological polar surface area (TPSA) is 72.8 Å². The summed E-state index contributed by atoms with van der Waals surface area (Å²) in [7, 11) is 0. The summed E-state index contributed by atoms with van der Waals surface area (Å²) >= 11 is 3.43. The Hall–Kier alpha value is -3.37. The van der Waals surface area contributed by atoms with Crippen LogP contribution in [0.5, 0.6) is 11.5 Å². The van der Waals surface area contributed by atoms with Crippen molar-refractivity contribution in [1.29, 1.82) is 0 Å². The Kier molecular flexibility index (Phi) is 6.82. The van der Waals surface area contributed by atoms with Crippen LogP contribution in [0.15, 0.2) is 64.3 Å². The van der Waals surface area contributed by atoms with Gasteiger partial charge in [-0.3, -0.25) is 9.78 Å². The van der Waals surface area contributed by atoms with Crippen molar-refractivity contribution in [1.82, 2.24) is 10.4 Å². The fourth-order valence-corrected chi connectivity index (χ4v) is 2.86. The molecule has 2 aromatic carbocycles. The van der Waals surface area contributed by atoms with Crippen LogP contribution in [0, 0.1) is 12.3 Å². The molecule has 0 aliphatic rings. The van der Waals surface area contributed by atoms with E-state index in [2.05, 4.69) is 37.4 Å². The molecule has 146 valence electrons. The normalized spacial score (nSPS) is 11.8. The predicted molar refractivity (Wildman–Crippen MR) is 116 cm³/mol. The van der Waals surface area contributed by atoms with Gasteiger partial charge in [-0.2, -0.15) is 5.10 Å². The molecule has 3 aromatic rings. The average molecular weight is 452 g/mol. The Labute approximate surface area is 177 Å². The summed E-state index contributed by atoms with van der Waals surface area (Å²) in [5.41, 5.74) is 3.91. The third-order valence-corrected chi connectivity index (χ3v) is 4.66. The molecule has 0 spiro atoms. The minimum atomic E-state index is -0.756. The van der Waals surface area contributed by atoms with Gasteiger partial charge in [0.25, 0.3) is 5.91 Å². The highest BCUT2D eigenvalue weighted by molar-refractivity contribution is 9.10. The summed E-state index contributed by atoms with van der Waals surface area (Å²) in [5.74, 6) is 3.17. The Morgan fingerprint density at radius 1 is 1.34 bits per heavy atom. The van der Waals surface area contributed by atoms with Crippen LogP contribution in [-0.4, -0.2) is 29.8 Å². The van der Waals surface area contributed by atoms with E-state index in [1.807, 2.05) is 30.3 Å². The number of pyridine rings is 1. The molecule has 0 bridgehead atoms. The van der Waals surface area contributed by atoms with E-state index in [1.165, 1.54) is 6.21 Å². The number of rotatable bonds is 7. The van der Waals surface area contributed by atoms with Gasteiger partial charge in [-0.25, -0.2) is 5.43 Å². The predicted octanol–water partition coefficient (Wildman–Crippen LogP) is 3.93. The smallest absolute Gasteiger partial charge is 0.280 e. The molecule has 29 heavy (non-hydrogen) atoms. The maximum Gasteiger partial charge on any atom is 0.280 e. The molecule has 7 heteroatoms. The van der Waals surface area contributed by atoms with Gasteiger partial charge in [-0.15, -0.1) is 6.42 Å². The quantitative estimate of drug-likeness (QED) is 0.335. The van der Waals surface area contributed by atoms with Gasteiger partial charge in [0.15, 0.2) is 6.10 Å². The standard InChI is InChI=1S/C22H18BrN3O3/c1-3-12-28-18-9-10-19(23)17(13-18)14-25-26-22(27)15(2)29-20-8-4-6-16-7-5-11-24-21(16)20/h1,4-11,13-15H,12H2,2H3,(H,26,27)/b25-14+. The molecule has 0 aliphatic carbocycles. The van der Waals surface area contributed by atoms with Gasteiger partial charge < -0.3 is 9.47 Å². The van der Waals surface area contributed by atoms with Crippen molar-refractivity contribution >= 4 is 39.0 Å². The van der Waals surface area contributed by atoms with Crippen molar-refractivity contribution < 1.29 is 14.3 Å². The number of nitrogens with one attached hydrogen (secondary N) is 1. The summed E-state index contributed by atoms with van der Waals surface area (Å²) in [4.78, 5) is 16.7. The number of ether oxygens (including phenoxy) is 2. The number of amides is 1. The highest BCUT2D eigenvalue weighted by Gasteiger charge is 2.15. The molecule has 0 aliphatic heterocycles. The molecule has 1 heterocycles. The molecule has 6 nitrogen and oxygen atoms in total. The number of carbonyl (C=O) groups excluding carboxylic acids is 1. The summed E-state index contributed by atoms with van der Waals surface area (Å²) in [6.45, 7) is 1.82. The van der Waals surface area contributed by atoms with Crippen LogP contribution in [0.1, 0.15) is 12.5 Å². The van der Waals surface area contributed by atoms with E-state index in [0.717, 1.165) is 15.4 Å². The van der Waals surface area contributed by atoms with Crippen LogP contribution < -0.4 is 14.9 Å². The summed E-state index contributed by atoms with van der Waals surface area (Å²) in [5, 5.41) is 4.94. The zero-order valence-electron chi connectivity index (χ0n) is 15.6. The first kappa shape index (κ1) is 20.4. The Morgan fingerprint density at radius 2 is 2.17 bits per heavy atom. The number of hydrazone groups is 1. The van der Waals surface area contributed by atoms with Crippen molar-refractivity contribution in [2.24, 2.45) is 5.10 Å². The number of aromatic nitrogens is 1. The molecular weight excluding hydrogens is 434 g/mol. The van der Waals surface area contributed by atoms with Crippen molar-refractivity contribution in [3.8, 4) is 23.8 Å². The van der Waals surface area contributed by atoms with E-state index in [-0.39, 0.29) is 12.5 Å². The molecule has 0 saturated heterocycles. The number of fused-ring (bicyclic) bond motifs is 1. The highest BCUT2D eigenvalue weighted by atomic mass is 79.9. The SMILES string of the molecule is C#CCOc1ccc(Br)c(/C=N/NC(=O)C(C)Oc2cccc3cccnc23)c1. The van der Waals surface area contributed by atoms with Crippen LogP contribution in [0.3, 0.4) is 0 Å². The first-order valence-electron chi connectivity index (χ1n) is 8.77. The lowest BCUT2D eigenvalue weighted by Gasteiger charge is -2.14. The Morgan fingerprint density at radius 3 is 3.00 bits per heavy atom. The number of halogens is 1. The molecule has 0 radical (unpaired) electrons. The lowest BCUT2D eigenvalue weighted by atomic mass is 10.2. The van der Waals surface area contributed by atoms with Gasteiger partial charge in [0.2, 0.25) is 0 Å². The van der Waals surface area contributed by atoms with Crippen molar-refractivity contribution in [2.75, 3.05) is 6.61 Å². The van der Waals surface area contributed by atoms with Gasteiger partial charge in [-0.05, 0) is 37.3 Å². The molecule has 1 unspecified atom stereocenters. The number of hydrogen-bond acceptors (Lipinski definition) is 5. The lowest BCUT2D eigenvalue weighted by molar-refractivity contribution is -0.127. The van der Waals surface area contributed by atoms with Crippen molar-refractivity contribution in [3.05, 3.63) is 64.8 Å². The number of para-hydroxylation sites is 1. The molecule has 3 rings (SSSR count). The van der Waals surface area contributed by atoms with Crippen LogP contribution in [0.4, 0.5) is 0 Å². The van der Waals surface area contributed by atoms with E-state index in [4.69, 9.17) is 15.9 Å². The van der Waals surface area contributed by atoms with E-state index in [1.54, 1.807) is 31.3 Å². The van der Waals surface area contributed by atoms with Crippen LogP contribution in [-0.2, 0) is 4.79 Å². The molecule has 1 aromatic heterocycles. The Balaban J connectivity index is 1.64. The number of hydrogen-bond donors (Lipinski definition) is 1. The zero-order valence-corrected chi connectivity index (χ0v) is 17.2. The van der Waals surface area contributed by atoms with E-state index >= 15 is 0 Å². The fraction of sp³-hybridized carbons (Fsp3) is 0.136. The number of carbonyl (C=O) groups is 1. The minimum Gasteiger partial charge on any atom is -0.481 e. The second kappa shape index (κ2) is 9.71. The van der Waals surface area contributed by atoms with Crippen LogP contribution in [0.25, 0.3) is 10.9 Å². The Bertz CT molecular complexity index is 1090. The number of terminal acetylenes is 1. The second-order valence-electron chi connectivity index (χ2n) is 6.00. The molecule has 1 amide bonds. The van der Waals surface area contributed by atoms with Gasteiger partial charge in [0.05, 0.1) is 6.21 Å². The molecule has 0 fully saturated rings. The number of benzene rings is 2. The van der Waals surface area contributed by atoms with E-state index < -0.39 is 6.10 Å². The highest BCUT2D eigenvalue weighted by Crippen LogP contribution is 2.24. The van der Waals surface area contributed by atoms with Crippen LogP contribution >= 0.6 is 15.9 Å². The van der Waals surface area contributed by atoms with E-state index in [9.17, 15) is 4.79 Å². The summed E-state index contributed by atoms with van der Waals surface area (Å²) in [6, 6.07) is 14.7. The molecule has 1 atom stereocenters. The second-order valence-corrected chi connectivity index (χ2v) is 6.86. The number of nitrogens with zero attached hydrogens (tertiary/aromatic N) is 2. The van der Waals surface area contributed by atoms with Crippen molar-refractivity contribution in [3.63, 3.8) is 0 Å². The third-order valence-electron chi connectivity index (χ3n) is 3.94. The van der Waals surface area contributed by atoms with Gasteiger partial charge in [0, 0.05) is 21.6 Å². The molecule has 0 saturated carbocycles. The monoisotopic (exact) mass is 451 g/mol. The molecular formula is C22H18BrN3O3. The maximum atomic E-state index is 12.3. The summed E-state index contributed by atoms with van der Waals surface area (Å²) in [6.07, 6.45) is 7.64. The largest absolute Gasteiger partial charge is 0.481 e. The lowest BCUT2D eigenvalue weighted by Crippen LogP contribution is -2.33. The average Bonchev–Trinajstić information content (AvgIpc) is 2.74. The first-order valence-corrected chi connectivity index (χ1v) is 9.57.